The molecule has 27 heavy (non-hydrogen) atoms. The number of benzene rings is 1. The summed E-state index contributed by atoms with van der Waals surface area (Å²) in [4.78, 5) is 18.3. The Bertz CT molecular complexity index is 872. The van der Waals surface area contributed by atoms with Crippen molar-refractivity contribution in [1.82, 2.24) is 9.55 Å². The molecular weight excluding hydrogens is 360 g/mol. The molecule has 6 heteroatoms. The zero-order valence-corrected chi connectivity index (χ0v) is 16.9. The molecule has 2 fully saturated rings. The molecule has 3 atom stereocenters. The molecule has 1 aliphatic carbocycles. The van der Waals surface area contributed by atoms with Crippen molar-refractivity contribution in [3.8, 4) is 0 Å². The molecule has 1 aromatic carbocycles. The minimum absolute atomic E-state index is 0.0666. The third-order valence-corrected chi connectivity index (χ3v) is 7.73. The molecule has 4 rings (SSSR count). The van der Waals surface area contributed by atoms with Crippen molar-refractivity contribution in [1.29, 1.82) is 0 Å². The molecule has 1 aliphatic heterocycles. The molecule has 2 aromatic rings. The Morgan fingerprint density at radius 3 is 2.78 bits per heavy atom. The van der Waals surface area contributed by atoms with E-state index in [1.165, 1.54) is 6.42 Å². The Morgan fingerprint density at radius 2 is 2.07 bits per heavy atom. The van der Waals surface area contributed by atoms with E-state index in [-0.39, 0.29) is 23.6 Å². The van der Waals surface area contributed by atoms with Gasteiger partial charge in [0.2, 0.25) is 0 Å². The molecule has 2 aliphatic rings. The third-order valence-electron chi connectivity index (χ3n) is 6.43. The summed E-state index contributed by atoms with van der Waals surface area (Å²) < 4.78 is 7.28. The number of ether oxygens (including phenoxy) is 1. The number of aliphatic hydroxyl groups is 1. The topological polar surface area (TPSA) is 64.3 Å². The van der Waals surface area contributed by atoms with Crippen LogP contribution in [0.2, 0.25) is 0 Å². The maximum atomic E-state index is 13.4. The van der Waals surface area contributed by atoms with Crippen LogP contribution >= 0.6 is 11.8 Å². The highest BCUT2D eigenvalue weighted by Crippen LogP contribution is 2.40. The molecule has 1 saturated heterocycles. The van der Waals surface area contributed by atoms with Gasteiger partial charge in [0.1, 0.15) is 0 Å². The Kier molecular flexibility index (Phi) is 5.32. The van der Waals surface area contributed by atoms with Gasteiger partial charge in [0.05, 0.1) is 30.7 Å². The van der Waals surface area contributed by atoms with E-state index in [2.05, 4.69) is 13.8 Å². The van der Waals surface area contributed by atoms with E-state index in [0.717, 1.165) is 23.5 Å². The number of hydrogen-bond acceptors (Lipinski definition) is 5. The van der Waals surface area contributed by atoms with Crippen molar-refractivity contribution in [3.05, 3.63) is 34.6 Å². The standard InChI is InChI=1S/C21H28N2O3S/c1-14-6-5-9-18(15(14)2)23-19(25)16-7-3-4-8-17(16)22-20(23)27-13-21(10-24)11-26-12-21/h3-4,7-8,14-15,18,24H,5-6,9-13H2,1-2H3/t14-,15+,18-/m1/s1. The van der Waals surface area contributed by atoms with Crippen LogP contribution in [0.15, 0.2) is 34.2 Å². The van der Waals surface area contributed by atoms with Gasteiger partial charge in [-0.05, 0) is 30.4 Å². The first-order valence-electron chi connectivity index (χ1n) is 9.87. The molecule has 1 N–H and O–H groups in total. The fraction of sp³-hybridized carbons (Fsp3) is 0.619. The fourth-order valence-electron chi connectivity index (χ4n) is 4.27. The number of rotatable bonds is 5. The fourth-order valence-corrected chi connectivity index (χ4v) is 5.48. The molecule has 1 aromatic heterocycles. The predicted octanol–water partition coefficient (Wildman–Crippen LogP) is 3.49. The lowest BCUT2D eigenvalue weighted by Crippen LogP contribution is -2.47. The van der Waals surface area contributed by atoms with E-state index < -0.39 is 0 Å². The quantitative estimate of drug-likeness (QED) is 0.627. The van der Waals surface area contributed by atoms with Gasteiger partial charge in [0.25, 0.3) is 5.56 Å². The normalized spacial score (nSPS) is 27.4. The second-order valence-corrected chi connectivity index (χ2v) is 9.30. The number of aliphatic hydroxyl groups excluding tert-OH is 1. The summed E-state index contributed by atoms with van der Waals surface area (Å²) in [5, 5.41) is 11.2. The largest absolute Gasteiger partial charge is 0.396 e. The van der Waals surface area contributed by atoms with Crippen molar-refractivity contribution in [2.24, 2.45) is 17.3 Å². The average Bonchev–Trinajstić information content (AvgIpc) is 2.64. The zero-order valence-electron chi connectivity index (χ0n) is 16.1. The van der Waals surface area contributed by atoms with Crippen LogP contribution in [0.4, 0.5) is 0 Å². The van der Waals surface area contributed by atoms with Crippen LogP contribution in [-0.2, 0) is 4.74 Å². The molecule has 0 radical (unpaired) electrons. The number of hydrogen-bond donors (Lipinski definition) is 1. The highest BCUT2D eigenvalue weighted by molar-refractivity contribution is 7.99. The van der Waals surface area contributed by atoms with Crippen LogP contribution in [0.1, 0.15) is 39.2 Å². The van der Waals surface area contributed by atoms with Gasteiger partial charge < -0.3 is 9.84 Å². The molecule has 0 amide bonds. The van der Waals surface area contributed by atoms with Crippen LogP contribution in [0.3, 0.4) is 0 Å². The van der Waals surface area contributed by atoms with Crippen molar-refractivity contribution in [3.63, 3.8) is 0 Å². The summed E-state index contributed by atoms with van der Waals surface area (Å²) in [5.74, 6) is 1.76. The first-order chi connectivity index (χ1) is 13.0. The molecule has 0 bridgehead atoms. The van der Waals surface area contributed by atoms with Crippen LogP contribution in [0.5, 0.6) is 0 Å². The Balaban J connectivity index is 1.77. The summed E-state index contributed by atoms with van der Waals surface area (Å²) in [6.07, 6.45) is 3.39. The van der Waals surface area contributed by atoms with Crippen LogP contribution < -0.4 is 5.56 Å². The van der Waals surface area contributed by atoms with Gasteiger partial charge in [-0.3, -0.25) is 9.36 Å². The lowest BCUT2D eigenvalue weighted by Gasteiger charge is -2.40. The lowest BCUT2D eigenvalue weighted by molar-refractivity contribution is -0.121. The van der Waals surface area contributed by atoms with Crippen LogP contribution in [0.25, 0.3) is 10.9 Å². The average molecular weight is 389 g/mol. The van der Waals surface area contributed by atoms with E-state index in [0.29, 0.717) is 36.2 Å². The number of fused-ring (bicyclic) bond motifs is 1. The van der Waals surface area contributed by atoms with Gasteiger partial charge in [0, 0.05) is 17.2 Å². The number of para-hydroxylation sites is 1. The van der Waals surface area contributed by atoms with E-state index in [9.17, 15) is 9.90 Å². The molecule has 0 unspecified atom stereocenters. The Labute approximate surface area is 164 Å². The summed E-state index contributed by atoms with van der Waals surface area (Å²) in [7, 11) is 0. The lowest BCUT2D eigenvalue weighted by atomic mass is 9.78. The predicted molar refractivity (Wildman–Crippen MR) is 108 cm³/mol. The SMILES string of the molecule is C[C@H]1[C@H](C)CCC[C@H]1n1c(SCC2(CO)COC2)nc2ccccc2c1=O. The number of thioether (sulfide) groups is 1. The first-order valence-corrected chi connectivity index (χ1v) is 10.9. The van der Waals surface area contributed by atoms with Gasteiger partial charge >= 0.3 is 0 Å². The van der Waals surface area contributed by atoms with Crippen molar-refractivity contribution in [2.75, 3.05) is 25.6 Å². The molecular formula is C21H28N2O3S. The van der Waals surface area contributed by atoms with E-state index >= 15 is 0 Å². The molecule has 1 saturated carbocycles. The maximum absolute atomic E-state index is 13.4. The monoisotopic (exact) mass is 388 g/mol. The Hall–Kier alpha value is -1.37. The summed E-state index contributed by atoms with van der Waals surface area (Å²) in [5.41, 5.74) is 0.613. The number of aromatic nitrogens is 2. The highest BCUT2D eigenvalue weighted by atomic mass is 32.2. The smallest absolute Gasteiger partial charge is 0.262 e. The summed E-state index contributed by atoms with van der Waals surface area (Å²) in [6, 6.07) is 7.80. The highest BCUT2D eigenvalue weighted by Gasteiger charge is 2.39. The van der Waals surface area contributed by atoms with Gasteiger partial charge in [-0.25, -0.2) is 4.98 Å². The van der Waals surface area contributed by atoms with Crippen molar-refractivity contribution in [2.45, 2.75) is 44.3 Å². The van der Waals surface area contributed by atoms with Crippen molar-refractivity contribution < 1.29 is 9.84 Å². The van der Waals surface area contributed by atoms with Gasteiger partial charge in [-0.2, -0.15) is 0 Å². The zero-order chi connectivity index (χ0) is 19.0. The van der Waals surface area contributed by atoms with Crippen LogP contribution in [0, 0.1) is 17.3 Å². The third kappa shape index (κ3) is 3.43. The second-order valence-electron chi connectivity index (χ2n) is 8.36. The van der Waals surface area contributed by atoms with Crippen molar-refractivity contribution >= 4 is 22.7 Å². The molecule has 5 nitrogen and oxygen atoms in total. The Morgan fingerprint density at radius 1 is 1.30 bits per heavy atom. The minimum Gasteiger partial charge on any atom is -0.396 e. The van der Waals surface area contributed by atoms with Gasteiger partial charge in [-0.15, -0.1) is 0 Å². The first kappa shape index (κ1) is 19.0. The minimum atomic E-state index is -0.204. The van der Waals surface area contributed by atoms with E-state index in [1.807, 2.05) is 28.8 Å². The van der Waals surface area contributed by atoms with Gasteiger partial charge in [-0.1, -0.05) is 50.6 Å². The van der Waals surface area contributed by atoms with E-state index in [1.54, 1.807) is 11.8 Å². The molecule has 2 heterocycles. The molecule has 0 spiro atoms. The molecule has 146 valence electrons. The maximum Gasteiger partial charge on any atom is 0.262 e. The summed E-state index contributed by atoms with van der Waals surface area (Å²) in [6.45, 7) is 5.81. The summed E-state index contributed by atoms with van der Waals surface area (Å²) >= 11 is 1.59. The van der Waals surface area contributed by atoms with Crippen LogP contribution in [-0.4, -0.2) is 40.2 Å². The van der Waals surface area contributed by atoms with Gasteiger partial charge in [0.15, 0.2) is 5.16 Å². The number of nitrogens with zero attached hydrogens (tertiary/aromatic N) is 2. The second kappa shape index (κ2) is 7.57. The van der Waals surface area contributed by atoms with E-state index in [4.69, 9.17) is 9.72 Å².